The second kappa shape index (κ2) is 11.7. The van der Waals surface area contributed by atoms with E-state index in [9.17, 15) is 9.90 Å². The van der Waals surface area contributed by atoms with Crippen molar-refractivity contribution in [1.29, 1.82) is 0 Å². The molecule has 1 amide bonds. The van der Waals surface area contributed by atoms with Gasteiger partial charge in [0, 0.05) is 6.04 Å². The molecule has 0 saturated heterocycles. The van der Waals surface area contributed by atoms with E-state index >= 15 is 0 Å². The summed E-state index contributed by atoms with van der Waals surface area (Å²) < 4.78 is 5.25. The van der Waals surface area contributed by atoms with E-state index in [1.54, 1.807) is 0 Å². The summed E-state index contributed by atoms with van der Waals surface area (Å²) in [5, 5.41) is 13.4. The van der Waals surface area contributed by atoms with E-state index in [4.69, 9.17) is 4.74 Å². The van der Waals surface area contributed by atoms with Crippen LogP contribution < -0.4 is 5.32 Å². The summed E-state index contributed by atoms with van der Waals surface area (Å²) >= 11 is 0. The van der Waals surface area contributed by atoms with Crippen LogP contribution in [0, 0.1) is 11.8 Å². The van der Waals surface area contributed by atoms with E-state index in [-0.39, 0.29) is 18.2 Å². The molecule has 23 heavy (non-hydrogen) atoms. The van der Waals surface area contributed by atoms with Crippen molar-refractivity contribution in [2.24, 2.45) is 11.8 Å². The second-order valence-corrected chi connectivity index (χ2v) is 7.50. The first kappa shape index (κ1) is 20.3. The summed E-state index contributed by atoms with van der Waals surface area (Å²) in [6.45, 7) is 6.91. The molecular weight excluding hydrogens is 290 g/mol. The predicted octanol–water partition coefficient (Wildman–Crippen LogP) is 4.65. The van der Waals surface area contributed by atoms with Gasteiger partial charge in [-0.2, -0.15) is 0 Å². The molecule has 1 rings (SSSR count). The van der Waals surface area contributed by atoms with Gasteiger partial charge < -0.3 is 15.2 Å². The molecule has 0 aromatic heterocycles. The second-order valence-electron chi connectivity index (χ2n) is 7.50. The Balaban J connectivity index is 2.48. The van der Waals surface area contributed by atoms with E-state index in [0.29, 0.717) is 24.9 Å². The summed E-state index contributed by atoms with van der Waals surface area (Å²) in [4.78, 5) is 12.0. The number of hydrogen-bond acceptors (Lipinski definition) is 3. The Morgan fingerprint density at radius 2 is 1.91 bits per heavy atom. The summed E-state index contributed by atoms with van der Waals surface area (Å²) in [6, 6.07) is 0.0478. The van der Waals surface area contributed by atoms with Gasteiger partial charge in [0.15, 0.2) is 0 Å². The Morgan fingerprint density at radius 3 is 2.52 bits per heavy atom. The first-order valence-corrected chi connectivity index (χ1v) is 9.64. The molecule has 1 fully saturated rings. The highest BCUT2D eigenvalue weighted by atomic mass is 16.5. The van der Waals surface area contributed by atoms with Gasteiger partial charge in [0.2, 0.25) is 0 Å². The van der Waals surface area contributed by atoms with Gasteiger partial charge in [-0.25, -0.2) is 4.79 Å². The first-order chi connectivity index (χ1) is 11.0. The van der Waals surface area contributed by atoms with Crippen LogP contribution in [0.4, 0.5) is 4.79 Å². The smallest absolute Gasteiger partial charge is 0.407 e. The quantitative estimate of drug-likeness (QED) is 0.574. The van der Waals surface area contributed by atoms with E-state index in [1.165, 1.54) is 19.3 Å². The number of nitrogens with one attached hydrogen (secondary N) is 1. The number of aliphatic hydroxyl groups excluding tert-OH is 1. The number of carbonyl (C=O) groups excluding carboxylic acids is 1. The van der Waals surface area contributed by atoms with E-state index in [0.717, 1.165) is 38.5 Å². The Hall–Kier alpha value is -0.770. The van der Waals surface area contributed by atoms with Crippen LogP contribution in [0.1, 0.15) is 85.0 Å². The van der Waals surface area contributed by atoms with Crippen LogP contribution in [0.2, 0.25) is 0 Å². The fraction of sp³-hybridized carbons (Fsp3) is 0.947. The number of aliphatic hydroxyl groups is 1. The monoisotopic (exact) mass is 327 g/mol. The number of rotatable bonds is 10. The highest BCUT2D eigenvalue weighted by Gasteiger charge is 2.27. The minimum atomic E-state index is -0.333. The molecule has 0 bridgehead atoms. The van der Waals surface area contributed by atoms with Crippen LogP contribution in [0.3, 0.4) is 0 Å². The molecule has 0 heterocycles. The van der Waals surface area contributed by atoms with Crippen LogP contribution in [-0.4, -0.2) is 30.0 Å². The highest BCUT2D eigenvalue weighted by Crippen LogP contribution is 2.29. The van der Waals surface area contributed by atoms with E-state index < -0.39 is 0 Å². The summed E-state index contributed by atoms with van der Waals surface area (Å²) in [5.41, 5.74) is 0. The van der Waals surface area contributed by atoms with Gasteiger partial charge in [0.1, 0.15) is 0 Å². The molecule has 0 aromatic rings. The molecule has 0 radical (unpaired) electrons. The normalized spacial score (nSPS) is 18.7. The Morgan fingerprint density at radius 1 is 1.22 bits per heavy atom. The number of unbranched alkanes of at least 4 members (excludes halogenated alkanes) is 1. The standard InChI is InChI=1S/C19H37NO3/c1-4-5-13-23-19(22)20-18(16-9-7-6-8-10-16)14-17(21)12-11-15(2)3/h15-18,21H,4-14H2,1-3H3,(H,20,22)/t17-,18?/m1/s1. The molecule has 1 aliphatic carbocycles. The lowest BCUT2D eigenvalue weighted by Gasteiger charge is -2.32. The Bertz CT molecular complexity index is 314. The van der Waals surface area contributed by atoms with Crippen molar-refractivity contribution in [2.75, 3.05) is 6.61 Å². The lowest BCUT2D eigenvalue weighted by atomic mass is 9.81. The molecule has 4 heteroatoms. The van der Waals surface area contributed by atoms with E-state index in [1.807, 2.05) is 0 Å². The van der Waals surface area contributed by atoms with Gasteiger partial charge in [-0.15, -0.1) is 0 Å². The number of amides is 1. The molecular formula is C19H37NO3. The zero-order valence-corrected chi connectivity index (χ0v) is 15.4. The maximum absolute atomic E-state index is 12.0. The lowest BCUT2D eigenvalue weighted by Crippen LogP contribution is -2.43. The molecule has 0 aliphatic heterocycles. The van der Waals surface area contributed by atoms with Crippen molar-refractivity contribution in [3.8, 4) is 0 Å². The summed E-state index contributed by atoms with van der Waals surface area (Å²) in [5.74, 6) is 1.08. The van der Waals surface area contributed by atoms with Gasteiger partial charge >= 0.3 is 6.09 Å². The molecule has 1 saturated carbocycles. The molecule has 4 nitrogen and oxygen atoms in total. The van der Waals surface area contributed by atoms with Crippen LogP contribution in [0.5, 0.6) is 0 Å². The van der Waals surface area contributed by atoms with Crippen molar-refractivity contribution < 1.29 is 14.6 Å². The van der Waals surface area contributed by atoms with Crippen molar-refractivity contribution in [3.63, 3.8) is 0 Å². The maximum atomic E-state index is 12.0. The highest BCUT2D eigenvalue weighted by molar-refractivity contribution is 5.67. The number of carbonyl (C=O) groups is 1. The summed E-state index contributed by atoms with van der Waals surface area (Å²) in [6.07, 6.45) is 9.82. The third kappa shape index (κ3) is 9.19. The maximum Gasteiger partial charge on any atom is 0.407 e. The topological polar surface area (TPSA) is 58.6 Å². The van der Waals surface area contributed by atoms with Gasteiger partial charge in [-0.05, 0) is 50.4 Å². The van der Waals surface area contributed by atoms with Gasteiger partial charge in [-0.1, -0.05) is 46.5 Å². The Kier molecular flexibility index (Phi) is 10.3. The van der Waals surface area contributed by atoms with Gasteiger partial charge in [-0.3, -0.25) is 0 Å². The molecule has 0 spiro atoms. The molecule has 1 unspecified atom stereocenters. The number of hydrogen-bond donors (Lipinski definition) is 2. The van der Waals surface area contributed by atoms with Crippen molar-refractivity contribution in [2.45, 2.75) is 97.1 Å². The molecule has 136 valence electrons. The minimum Gasteiger partial charge on any atom is -0.450 e. The molecule has 2 atom stereocenters. The zero-order valence-electron chi connectivity index (χ0n) is 15.4. The lowest BCUT2D eigenvalue weighted by molar-refractivity contribution is 0.101. The summed E-state index contributed by atoms with van der Waals surface area (Å²) in [7, 11) is 0. The van der Waals surface area contributed by atoms with Crippen LogP contribution in [-0.2, 0) is 4.74 Å². The fourth-order valence-corrected chi connectivity index (χ4v) is 3.34. The SMILES string of the molecule is CCCCOC(=O)NC(C[C@H](O)CCC(C)C)C1CCCCC1. The van der Waals surface area contributed by atoms with Crippen molar-refractivity contribution in [1.82, 2.24) is 5.32 Å². The molecule has 2 N–H and O–H groups in total. The number of alkyl carbamates (subject to hydrolysis) is 1. The van der Waals surface area contributed by atoms with Gasteiger partial charge in [0.25, 0.3) is 0 Å². The third-order valence-electron chi connectivity index (χ3n) is 4.86. The average Bonchev–Trinajstić information content (AvgIpc) is 2.53. The van der Waals surface area contributed by atoms with E-state index in [2.05, 4.69) is 26.1 Å². The Labute approximate surface area is 142 Å². The van der Waals surface area contributed by atoms with Crippen molar-refractivity contribution in [3.05, 3.63) is 0 Å². The third-order valence-corrected chi connectivity index (χ3v) is 4.86. The zero-order chi connectivity index (χ0) is 17.1. The molecule has 0 aromatic carbocycles. The van der Waals surface area contributed by atoms with Gasteiger partial charge in [0.05, 0.1) is 12.7 Å². The van der Waals surface area contributed by atoms with Crippen LogP contribution in [0.15, 0.2) is 0 Å². The van der Waals surface area contributed by atoms with Crippen LogP contribution >= 0.6 is 0 Å². The molecule has 1 aliphatic rings. The number of ether oxygens (including phenoxy) is 1. The van der Waals surface area contributed by atoms with Crippen molar-refractivity contribution >= 4 is 6.09 Å². The van der Waals surface area contributed by atoms with Crippen LogP contribution in [0.25, 0.3) is 0 Å². The first-order valence-electron chi connectivity index (χ1n) is 9.64. The fourth-order valence-electron chi connectivity index (χ4n) is 3.34. The predicted molar refractivity (Wildman–Crippen MR) is 94.5 cm³/mol. The largest absolute Gasteiger partial charge is 0.450 e. The average molecular weight is 328 g/mol. The minimum absolute atomic E-state index is 0.0478.